The summed E-state index contributed by atoms with van der Waals surface area (Å²) < 4.78 is 0.953. The topological polar surface area (TPSA) is 58.2 Å². The Kier molecular flexibility index (Phi) is 6.61. The Bertz CT molecular complexity index is 970. The third kappa shape index (κ3) is 5.54. The first-order valence-electron chi connectivity index (χ1n) is 8.98. The summed E-state index contributed by atoms with van der Waals surface area (Å²) in [4.78, 5) is 24.2. The lowest BCUT2D eigenvalue weighted by molar-refractivity contribution is -0.123. The van der Waals surface area contributed by atoms with E-state index >= 15 is 0 Å². The minimum Gasteiger partial charge on any atom is -0.347 e. The van der Waals surface area contributed by atoms with Crippen LogP contribution in [0.25, 0.3) is 11.1 Å². The Morgan fingerprint density at radius 1 is 0.857 bits per heavy atom. The maximum Gasteiger partial charge on any atom is 0.243 e. The Hall–Kier alpha value is -2.92. The minimum atomic E-state index is -0.252. The summed E-state index contributed by atoms with van der Waals surface area (Å²) in [6.07, 6.45) is 0.236. The van der Waals surface area contributed by atoms with Gasteiger partial charge in [-0.05, 0) is 47.4 Å². The Balaban J connectivity index is 1.49. The smallest absolute Gasteiger partial charge is 0.243 e. The van der Waals surface area contributed by atoms with Crippen LogP contribution < -0.4 is 10.6 Å². The summed E-state index contributed by atoms with van der Waals surface area (Å²) in [7, 11) is 0. The van der Waals surface area contributed by atoms with Gasteiger partial charge in [0.25, 0.3) is 0 Å². The lowest BCUT2D eigenvalue weighted by Gasteiger charge is -2.10. The number of nitrogens with one attached hydrogen (secondary N) is 2. The number of hydrogen-bond donors (Lipinski definition) is 2. The number of benzene rings is 3. The maximum absolute atomic E-state index is 12.1. The van der Waals surface area contributed by atoms with Crippen molar-refractivity contribution in [2.75, 3.05) is 11.9 Å². The lowest BCUT2D eigenvalue weighted by atomic mass is 10.0. The predicted octanol–water partition coefficient (Wildman–Crippen LogP) is 4.72. The molecule has 0 fully saturated rings. The van der Waals surface area contributed by atoms with Gasteiger partial charge in [0.15, 0.2) is 0 Å². The first kappa shape index (κ1) is 19.8. The van der Waals surface area contributed by atoms with Crippen molar-refractivity contribution in [2.24, 2.45) is 0 Å². The summed E-state index contributed by atoms with van der Waals surface area (Å²) in [6.45, 7) is 1.86. The fourth-order valence-electron chi connectivity index (χ4n) is 2.83. The van der Waals surface area contributed by atoms with E-state index in [0.29, 0.717) is 0 Å². The number of anilines is 1. The number of amides is 2. The Labute approximate surface area is 173 Å². The highest BCUT2D eigenvalue weighted by atomic mass is 79.9. The van der Waals surface area contributed by atoms with Crippen LogP contribution in [0, 0.1) is 6.92 Å². The van der Waals surface area contributed by atoms with Gasteiger partial charge in [0, 0.05) is 10.2 Å². The molecule has 3 aromatic carbocycles. The van der Waals surface area contributed by atoms with Gasteiger partial charge in [-0.1, -0.05) is 70.5 Å². The Morgan fingerprint density at radius 2 is 1.54 bits per heavy atom. The zero-order valence-electron chi connectivity index (χ0n) is 15.5. The molecule has 0 aliphatic carbocycles. The van der Waals surface area contributed by atoms with Gasteiger partial charge in [-0.25, -0.2) is 0 Å². The lowest BCUT2D eigenvalue weighted by Crippen LogP contribution is -2.33. The van der Waals surface area contributed by atoms with Crippen molar-refractivity contribution in [3.05, 3.63) is 88.4 Å². The molecule has 3 rings (SSSR count). The first-order chi connectivity index (χ1) is 13.5. The molecule has 0 saturated carbocycles. The molecule has 2 N–H and O–H groups in total. The van der Waals surface area contributed by atoms with Gasteiger partial charge in [-0.2, -0.15) is 0 Å². The normalized spacial score (nSPS) is 10.4. The summed E-state index contributed by atoms with van der Waals surface area (Å²) in [5.74, 6) is -0.437. The van der Waals surface area contributed by atoms with Crippen molar-refractivity contribution < 1.29 is 9.59 Å². The zero-order valence-corrected chi connectivity index (χ0v) is 17.1. The molecule has 2 amide bonds. The number of halogens is 1. The van der Waals surface area contributed by atoms with E-state index in [4.69, 9.17) is 0 Å². The number of aryl methyl sites for hydroxylation is 1. The van der Waals surface area contributed by atoms with Crippen molar-refractivity contribution in [1.29, 1.82) is 0 Å². The molecule has 3 aromatic rings. The second kappa shape index (κ2) is 9.33. The highest BCUT2D eigenvalue weighted by Gasteiger charge is 2.09. The molecule has 4 nitrogen and oxygen atoms in total. The third-order valence-corrected chi connectivity index (χ3v) is 4.83. The average molecular weight is 437 g/mol. The van der Waals surface area contributed by atoms with Gasteiger partial charge in [-0.15, -0.1) is 0 Å². The SMILES string of the molecule is Cc1cc(Br)ccc1NC(=O)CNC(=O)Cc1ccc(-c2ccccc2)cc1. The van der Waals surface area contributed by atoms with Crippen molar-refractivity contribution in [3.8, 4) is 11.1 Å². The van der Waals surface area contributed by atoms with E-state index < -0.39 is 0 Å². The van der Waals surface area contributed by atoms with Crippen LogP contribution in [0.15, 0.2) is 77.3 Å². The molecule has 0 atom stereocenters. The second-order valence-electron chi connectivity index (χ2n) is 6.52. The van der Waals surface area contributed by atoms with E-state index in [-0.39, 0.29) is 24.8 Å². The average Bonchev–Trinajstić information content (AvgIpc) is 2.70. The summed E-state index contributed by atoms with van der Waals surface area (Å²) in [6, 6.07) is 23.6. The van der Waals surface area contributed by atoms with Gasteiger partial charge in [-0.3, -0.25) is 9.59 Å². The van der Waals surface area contributed by atoms with Crippen LogP contribution in [0.4, 0.5) is 5.69 Å². The Morgan fingerprint density at radius 3 is 2.21 bits per heavy atom. The van der Waals surface area contributed by atoms with Crippen molar-refractivity contribution >= 4 is 33.4 Å². The molecule has 28 heavy (non-hydrogen) atoms. The predicted molar refractivity (Wildman–Crippen MR) is 116 cm³/mol. The number of rotatable bonds is 6. The van der Waals surface area contributed by atoms with E-state index in [2.05, 4.69) is 26.6 Å². The summed E-state index contributed by atoms with van der Waals surface area (Å²) >= 11 is 3.39. The molecule has 0 aliphatic heterocycles. The third-order valence-electron chi connectivity index (χ3n) is 4.33. The minimum absolute atomic E-state index is 0.0591. The molecule has 0 saturated heterocycles. The van der Waals surface area contributed by atoms with Gasteiger partial charge in [0.1, 0.15) is 0 Å². The highest BCUT2D eigenvalue weighted by Crippen LogP contribution is 2.20. The first-order valence-corrected chi connectivity index (χ1v) is 9.77. The molecule has 0 heterocycles. The molecular weight excluding hydrogens is 416 g/mol. The van der Waals surface area contributed by atoms with E-state index in [1.807, 2.05) is 79.7 Å². The fourth-order valence-corrected chi connectivity index (χ4v) is 3.31. The molecule has 0 bridgehead atoms. The van der Waals surface area contributed by atoms with Crippen LogP contribution in [0.5, 0.6) is 0 Å². The quantitative estimate of drug-likeness (QED) is 0.586. The van der Waals surface area contributed by atoms with E-state index in [1.165, 1.54) is 0 Å². The van der Waals surface area contributed by atoms with E-state index in [1.54, 1.807) is 0 Å². The molecule has 5 heteroatoms. The van der Waals surface area contributed by atoms with E-state index in [9.17, 15) is 9.59 Å². The van der Waals surface area contributed by atoms with Crippen molar-refractivity contribution in [1.82, 2.24) is 5.32 Å². The second-order valence-corrected chi connectivity index (χ2v) is 7.44. The van der Waals surface area contributed by atoms with E-state index in [0.717, 1.165) is 32.4 Å². The van der Waals surface area contributed by atoms with Crippen LogP contribution in [-0.4, -0.2) is 18.4 Å². The van der Waals surface area contributed by atoms with Crippen LogP contribution in [-0.2, 0) is 16.0 Å². The number of hydrogen-bond acceptors (Lipinski definition) is 2. The summed E-state index contributed by atoms with van der Waals surface area (Å²) in [5.41, 5.74) is 4.83. The molecule has 0 aliphatic rings. The van der Waals surface area contributed by atoms with Crippen molar-refractivity contribution in [2.45, 2.75) is 13.3 Å². The number of carbonyl (C=O) groups is 2. The van der Waals surface area contributed by atoms with Gasteiger partial charge in [0.05, 0.1) is 13.0 Å². The van der Waals surface area contributed by atoms with Gasteiger partial charge in [0.2, 0.25) is 11.8 Å². The molecule has 0 aromatic heterocycles. The van der Waals surface area contributed by atoms with Crippen LogP contribution in [0.3, 0.4) is 0 Å². The monoisotopic (exact) mass is 436 g/mol. The zero-order chi connectivity index (χ0) is 19.9. The van der Waals surface area contributed by atoms with Crippen LogP contribution >= 0.6 is 15.9 Å². The molecule has 0 radical (unpaired) electrons. The number of carbonyl (C=O) groups excluding carboxylic acids is 2. The van der Waals surface area contributed by atoms with Gasteiger partial charge < -0.3 is 10.6 Å². The standard InChI is InChI=1S/C23H21BrN2O2/c1-16-13-20(24)11-12-21(16)26-23(28)15-25-22(27)14-17-7-9-19(10-8-17)18-5-3-2-4-6-18/h2-13H,14-15H2,1H3,(H,25,27)(H,26,28). The fraction of sp³-hybridized carbons (Fsp3) is 0.130. The summed E-state index contributed by atoms with van der Waals surface area (Å²) in [5, 5.41) is 5.48. The molecule has 0 spiro atoms. The van der Waals surface area contributed by atoms with Crippen molar-refractivity contribution in [3.63, 3.8) is 0 Å². The molecule has 0 unspecified atom stereocenters. The molecule has 142 valence electrons. The maximum atomic E-state index is 12.1. The van der Waals surface area contributed by atoms with Gasteiger partial charge >= 0.3 is 0 Å². The largest absolute Gasteiger partial charge is 0.347 e. The van der Waals surface area contributed by atoms with Crippen LogP contribution in [0.2, 0.25) is 0 Å². The highest BCUT2D eigenvalue weighted by molar-refractivity contribution is 9.10. The molecular formula is C23H21BrN2O2. The van der Waals surface area contributed by atoms with Crippen LogP contribution in [0.1, 0.15) is 11.1 Å².